The number of hydrogen-bond acceptors (Lipinski definition) is 2. The lowest BCUT2D eigenvalue weighted by molar-refractivity contribution is -0.136. The average molecular weight is 387 g/mol. The molecule has 1 aromatic carbocycles. The van der Waals surface area contributed by atoms with E-state index in [0.29, 0.717) is 12.0 Å². The normalized spacial score (nSPS) is 18.1. The number of nitrogens with zero attached hydrogens (tertiary/aromatic N) is 3. The number of halogens is 3. The molecule has 1 aliphatic rings. The van der Waals surface area contributed by atoms with Crippen LogP contribution in [0, 0.1) is 12.0 Å². The van der Waals surface area contributed by atoms with E-state index in [0.717, 1.165) is 35.7 Å². The summed E-state index contributed by atoms with van der Waals surface area (Å²) in [5.41, 5.74) is -2.27. The van der Waals surface area contributed by atoms with Crippen LogP contribution in [-0.2, 0) is 6.18 Å². The molecular weight excluding hydrogens is 367 g/mol. The molecular formula is C21H20F3N3O. The van der Waals surface area contributed by atoms with Gasteiger partial charge >= 0.3 is 6.18 Å². The molecule has 1 fully saturated rings. The molecule has 2 aromatic rings. The molecule has 0 atom stereocenters. The molecule has 4 nitrogen and oxygen atoms in total. The summed E-state index contributed by atoms with van der Waals surface area (Å²) < 4.78 is 41.5. The Balaban J connectivity index is 2.35. The third-order valence-corrected chi connectivity index (χ3v) is 5.11. The van der Waals surface area contributed by atoms with Gasteiger partial charge in [-0.25, -0.2) is 9.52 Å². The molecule has 7 heteroatoms. The van der Waals surface area contributed by atoms with Crippen LogP contribution in [-0.4, -0.2) is 10.4 Å². The third kappa shape index (κ3) is 3.72. The molecule has 0 aliphatic heterocycles. The smallest absolute Gasteiger partial charge is 0.281 e. The molecule has 0 spiro atoms. The van der Waals surface area contributed by atoms with Crippen molar-refractivity contribution in [3.05, 3.63) is 63.7 Å². The van der Waals surface area contributed by atoms with E-state index in [1.54, 1.807) is 30.3 Å². The molecule has 1 heterocycles. The van der Waals surface area contributed by atoms with E-state index in [4.69, 9.17) is 6.57 Å². The standard InChI is InChI=1S/C21H20F3N3O/c1-20(2)12-8-7-11-17(20)26-27-16(14-9-5-4-6-10-14)13-15(21(22,23)24)18(25-3)19(27)28/h4-6,9-10,13H,7-8,11-12H2,1-2H3. The number of benzene rings is 1. The Morgan fingerprint density at radius 2 is 1.86 bits per heavy atom. The first-order chi connectivity index (χ1) is 13.1. The van der Waals surface area contributed by atoms with Crippen LogP contribution in [0.15, 0.2) is 46.3 Å². The van der Waals surface area contributed by atoms with Crippen molar-refractivity contribution in [2.75, 3.05) is 0 Å². The maximum absolute atomic E-state index is 13.5. The van der Waals surface area contributed by atoms with Crippen molar-refractivity contribution in [1.82, 2.24) is 4.68 Å². The van der Waals surface area contributed by atoms with Gasteiger partial charge < -0.3 is 0 Å². The highest BCUT2D eigenvalue weighted by atomic mass is 19.4. The van der Waals surface area contributed by atoms with Crippen LogP contribution < -0.4 is 5.56 Å². The fraction of sp³-hybridized carbons (Fsp3) is 0.381. The Bertz CT molecular complexity index is 1010. The van der Waals surface area contributed by atoms with Gasteiger partial charge in [0, 0.05) is 16.7 Å². The molecule has 28 heavy (non-hydrogen) atoms. The van der Waals surface area contributed by atoms with Gasteiger partial charge in [0.05, 0.1) is 17.8 Å². The molecule has 1 saturated carbocycles. The predicted molar refractivity (Wildman–Crippen MR) is 102 cm³/mol. The van der Waals surface area contributed by atoms with Gasteiger partial charge in [-0.05, 0) is 25.3 Å². The summed E-state index contributed by atoms with van der Waals surface area (Å²) in [7, 11) is 0. The molecule has 1 aliphatic carbocycles. The minimum Gasteiger partial charge on any atom is -0.281 e. The van der Waals surface area contributed by atoms with Crippen LogP contribution in [0.1, 0.15) is 45.1 Å². The molecule has 1 aromatic heterocycles. The lowest BCUT2D eigenvalue weighted by atomic mass is 9.76. The van der Waals surface area contributed by atoms with E-state index in [1.165, 1.54) is 0 Å². The topological polar surface area (TPSA) is 38.7 Å². The van der Waals surface area contributed by atoms with Crippen molar-refractivity contribution in [3.8, 4) is 11.3 Å². The number of hydrogen-bond donors (Lipinski definition) is 0. The summed E-state index contributed by atoms with van der Waals surface area (Å²) >= 11 is 0. The van der Waals surface area contributed by atoms with Gasteiger partial charge in [0.2, 0.25) is 0 Å². The van der Waals surface area contributed by atoms with Gasteiger partial charge in [0.15, 0.2) is 0 Å². The largest absolute Gasteiger partial charge is 0.407 e. The quantitative estimate of drug-likeness (QED) is 0.592. The zero-order valence-electron chi connectivity index (χ0n) is 15.7. The SMILES string of the molecule is [C-]#[N+]c1c(C(F)(F)F)cc(-c2ccccc2)n(N=C2CCCCC2(C)C)c1=O. The maximum atomic E-state index is 13.5. The lowest BCUT2D eigenvalue weighted by Gasteiger charge is -2.31. The Labute approximate surface area is 161 Å². The monoisotopic (exact) mass is 387 g/mol. The highest BCUT2D eigenvalue weighted by Gasteiger charge is 2.37. The van der Waals surface area contributed by atoms with Gasteiger partial charge in [-0.15, -0.1) is 0 Å². The fourth-order valence-corrected chi connectivity index (χ4v) is 3.48. The van der Waals surface area contributed by atoms with E-state index in [2.05, 4.69) is 9.95 Å². The van der Waals surface area contributed by atoms with E-state index < -0.39 is 23.0 Å². The van der Waals surface area contributed by atoms with E-state index >= 15 is 0 Å². The summed E-state index contributed by atoms with van der Waals surface area (Å²) in [6.45, 7) is 11.2. The van der Waals surface area contributed by atoms with Gasteiger partial charge in [0.1, 0.15) is 0 Å². The minimum absolute atomic E-state index is 0.0270. The van der Waals surface area contributed by atoms with E-state index in [-0.39, 0.29) is 11.1 Å². The fourth-order valence-electron chi connectivity index (χ4n) is 3.48. The number of pyridine rings is 1. The Kier molecular flexibility index (Phi) is 5.16. The summed E-state index contributed by atoms with van der Waals surface area (Å²) in [6, 6.07) is 9.18. The molecule has 0 saturated heterocycles. The molecule has 0 radical (unpaired) electrons. The van der Waals surface area contributed by atoms with Crippen LogP contribution in [0.25, 0.3) is 16.1 Å². The van der Waals surface area contributed by atoms with Crippen LogP contribution >= 0.6 is 0 Å². The highest BCUT2D eigenvalue weighted by molar-refractivity contribution is 5.90. The lowest BCUT2D eigenvalue weighted by Crippen LogP contribution is -2.31. The Morgan fingerprint density at radius 1 is 1.18 bits per heavy atom. The number of alkyl halides is 3. The second kappa shape index (κ2) is 7.27. The first kappa shape index (κ1) is 19.9. The molecule has 0 bridgehead atoms. The Hall–Kier alpha value is -2.88. The van der Waals surface area contributed by atoms with Gasteiger partial charge in [0.25, 0.3) is 11.2 Å². The van der Waals surface area contributed by atoms with Crippen LogP contribution in [0.2, 0.25) is 0 Å². The molecule has 146 valence electrons. The van der Waals surface area contributed by atoms with Gasteiger partial charge in [-0.3, -0.25) is 4.79 Å². The molecule has 0 amide bonds. The second-order valence-corrected chi connectivity index (χ2v) is 7.52. The number of rotatable bonds is 2. The van der Waals surface area contributed by atoms with Crippen molar-refractivity contribution in [1.29, 1.82) is 0 Å². The first-order valence-corrected chi connectivity index (χ1v) is 9.03. The molecule has 0 unspecified atom stereocenters. The van der Waals surface area contributed by atoms with Crippen LogP contribution in [0.4, 0.5) is 18.9 Å². The summed E-state index contributed by atoms with van der Waals surface area (Å²) in [6.07, 6.45) is -1.31. The van der Waals surface area contributed by atoms with Gasteiger partial charge in [-0.1, -0.05) is 50.6 Å². The summed E-state index contributed by atoms with van der Waals surface area (Å²) in [4.78, 5) is 15.8. The van der Waals surface area contributed by atoms with Gasteiger partial charge in [-0.2, -0.15) is 18.3 Å². The minimum atomic E-state index is -4.81. The molecule has 3 rings (SSSR count). The van der Waals surface area contributed by atoms with Crippen molar-refractivity contribution >= 4 is 11.4 Å². The van der Waals surface area contributed by atoms with Crippen LogP contribution in [0.5, 0.6) is 0 Å². The number of aromatic nitrogens is 1. The molecule has 0 N–H and O–H groups in total. The van der Waals surface area contributed by atoms with Crippen molar-refractivity contribution in [2.24, 2.45) is 10.5 Å². The summed E-state index contributed by atoms with van der Waals surface area (Å²) in [5, 5.41) is 4.49. The zero-order valence-corrected chi connectivity index (χ0v) is 15.7. The first-order valence-electron chi connectivity index (χ1n) is 9.03. The average Bonchev–Trinajstić information content (AvgIpc) is 2.64. The van der Waals surface area contributed by atoms with Crippen LogP contribution in [0.3, 0.4) is 0 Å². The predicted octanol–water partition coefficient (Wildman–Crippen LogP) is 5.89. The summed E-state index contributed by atoms with van der Waals surface area (Å²) in [5.74, 6) is 0. The van der Waals surface area contributed by atoms with E-state index in [9.17, 15) is 18.0 Å². The maximum Gasteiger partial charge on any atom is 0.407 e. The van der Waals surface area contributed by atoms with Crippen molar-refractivity contribution in [3.63, 3.8) is 0 Å². The zero-order chi connectivity index (χ0) is 20.5. The van der Waals surface area contributed by atoms with Crippen molar-refractivity contribution < 1.29 is 13.2 Å². The Morgan fingerprint density at radius 3 is 2.43 bits per heavy atom. The second-order valence-electron chi connectivity index (χ2n) is 7.52. The van der Waals surface area contributed by atoms with Crippen molar-refractivity contribution in [2.45, 2.75) is 45.7 Å². The third-order valence-electron chi connectivity index (χ3n) is 5.11. The van der Waals surface area contributed by atoms with E-state index in [1.807, 2.05) is 13.8 Å². The highest BCUT2D eigenvalue weighted by Crippen LogP contribution is 2.38.